The number of benzene rings is 1. The first-order valence-corrected chi connectivity index (χ1v) is 6.10. The Bertz CT molecular complexity index is 396. The number of fused-ring (bicyclic) bond motifs is 1. The zero-order valence-corrected chi connectivity index (χ0v) is 10.8. The summed E-state index contributed by atoms with van der Waals surface area (Å²) < 4.78 is 10.5. The highest BCUT2D eigenvalue weighted by atomic mass is 16.7. The molecule has 1 aliphatic rings. The van der Waals surface area contributed by atoms with Gasteiger partial charge in [-0.1, -0.05) is 6.07 Å². The molecule has 5 nitrogen and oxygen atoms in total. The number of aliphatic hydroxyl groups excluding tert-OH is 1. The molecule has 1 aromatic rings. The first-order chi connectivity index (χ1) is 8.66. The van der Waals surface area contributed by atoms with E-state index < -0.39 is 6.10 Å². The van der Waals surface area contributed by atoms with Crippen LogP contribution in [0.25, 0.3) is 0 Å². The molecule has 5 heteroatoms. The number of likely N-dealkylation sites (N-methyl/N-ethyl adjacent to an activating group) is 1. The van der Waals surface area contributed by atoms with Gasteiger partial charge in [0.2, 0.25) is 6.79 Å². The average Bonchev–Trinajstić information content (AvgIpc) is 2.81. The molecular formula is C13H20N2O3. The minimum atomic E-state index is -0.526. The molecule has 0 aromatic heterocycles. The molecule has 100 valence electrons. The molecule has 2 N–H and O–H groups in total. The van der Waals surface area contributed by atoms with Gasteiger partial charge in [-0.3, -0.25) is 0 Å². The fraction of sp³-hybridized carbons (Fsp3) is 0.538. The second-order valence-electron chi connectivity index (χ2n) is 4.64. The third-order valence-electron chi connectivity index (χ3n) is 2.85. The lowest BCUT2D eigenvalue weighted by molar-refractivity contribution is 0.170. The van der Waals surface area contributed by atoms with Crippen LogP contribution in [0.5, 0.6) is 11.5 Å². The third-order valence-corrected chi connectivity index (χ3v) is 2.85. The molecule has 1 heterocycles. The standard InChI is InChI=1S/C13H20N2O3/c1-15(2)6-5-14-8-11(16)10-3-4-12-13(7-10)18-9-17-12/h3-4,7,11,14,16H,5-6,8-9H2,1-2H3. The van der Waals surface area contributed by atoms with Gasteiger partial charge in [0.25, 0.3) is 0 Å². The van der Waals surface area contributed by atoms with E-state index >= 15 is 0 Å². The molecule has 0 saturated carbocycles. The zero-order chi connectivity index (χ0) is 13.0. The summed E-state index contributed by atoms with van der Waals surface area (Å²) in [7, 11) is 4.05. The SMILES string of the molecule is CN(C)CCNCC(O)c1ccc2c(c1)OCO2. The van der Waals surface area contributed by atoms with Gasteiger partial charge in [0.05, 0.1) is 6.10 Å². The number of nitrogens with zero attached hydrogens (tertiary/aromatic N) is 1. The van der Waals surface area contributed by atoms with Crippen molar-refractivity contribution in [2.45, 2.75) is 6.10 Å². The maximum absolute atomic E-state index is 10.0. The summed E-state index contributed by atoms with van der Waals surface area (Å²) in [6, 6.07) is 5.53. The largest absolute Gasteiger partial charge is 0.454 e. The molecule has 0 fully saturated rings. The summed E-state index contributed by atoms with van der Waals surface area (Å²) >= 11 is 0. The second-order valence-corrected chi connectivity index (χ2v) is 4.64. The molecule has 1 aromatic carbocycles. The lowest BCUT2D eigenvalue weighted by atomic mass is 10.1. The van der Waals surface area contributed by atoms with Crippen LogP contribution in [0, 0.1) is 0 Å². The highest BCUT2D eigenvalue weighted by Gasteiger charge is 2.16. The Labute approximate surface area is 107 Å². The van der Waals surface area contributed by atoms with Crippen molar-refractivity contribution in [2.75, 3.05) is 40.5 Å². The topological polar surface area (TPSA) is 54.0 Å². The van der Waals surface area contributed by atoms with E-state index in [0.717, 1.165) is 24.4 Å². The molecule has 1 aliphatic heterocycles. The minimum Gasteiger partial charge on any atom is -0.454 e. The fourth-order valence-electron chi connectivity index (χ4n) is 1.78. The Balaban J connectivity index is 1.83. The van der Waals surface area contributed by atoms with Gasteiger partial charge < -0.3 is 24.8 Å². The van der Waals surface area contributed by atoms with Gasteiger partial charge in [-0.15, -0.1) is 0 Å². The third kappa shape index (κ3) is 3.35. The highest BCUT2D eigenvalue weighted by Crippen LogP contribution is 2.33. The van der Waals surface area contributed by atoms with Crippen LogP contribution in [0.15, 0.2) is 18.2 Å². The van der Waals surface area contributed by atoms with Crippen LogP contribution in [0.1, 0.15) is 11.7 Å². The molecular weight excluding hydrogens is 232 g/mol. The van der Waals surface area contributed by atoms with Crippen molar-refractivity contribution in [1.29, 1.82) is 0 Å². The van der Waals surface area contributed by atoms with Crippen LogP contribution >= 0.6 is 0 Å². The fourth-order valence-corrected chi connectivity index (χ4v) is 1.78. The smallest absolute Gasteiger partial charge is 0.231 e. The predicted octanol–water partition coefficient (Wildman–Crippen LogP) is 0.600. The number of aliphatic hydroxyl groups is 1. The summed E-state index contributed by atoms with van der Waals surface area (Å²) in [4.78, 5) is 2.10. The molecule has 2 rings (SSSR count). The van der Waals surface area contributed by atoms with E-state index in [1.54, 1.807) is 0 Å². The van der Waals surface area contributed by atoms with Gasteiger partial charge in [0.1, 0.15) is 0 Å². The van der Waals surface area contributed by atoms with Gasteiger partial charge >= 0.3 is 0 Å². The van der Waals surface area contributed by atoms with Gasteiger partial charge in [0.15, 0.2) is 11.5 Å². The van der Waals surface area contributed by atoms with Crippen LogP contribution in [0.3, 0.4) is 0 Å². The Morgan fingerprint density at radius 1 is 1.33 bits per heavy atom. The van der Waals surface area contributed by atoms with E-state index in [2.05, 4.69) is 10.2 Å². The number of hydrogen-bond acceptors (Lipinski definition) is 5. The quantitative estimate of drug-likeness (QED) is 0.726. The van der Waals surface area contributed by atoms with Crippen molar-refractivity contribution in [3.05, 3.63) is 23.8 Å². The van der Waals surface area contributed by atoms with Gasteiger partial charge in [0, 0.05) is 19.6 Å². The first kappa shape index (κ1) is 13.1. The second kappa shape index (κ2) is 6.04. The van der Waals surface area contributed by atoms with Gasteiger partial charge in [-0.05, 0) is 31.8 Å². The number of hydrogen-bond donors (Lipinski definition) is 2. The monoisotopic (exact) mass is 252 g/mol. The summed E-state index contributed by atoms with van der Waals surface area (Å²) in [6.07, 6.45) is -0.526. The molecule has 0 aliphatic carbocycles. The summed E-state index contributed by atoms with van der Waals surface area (Å²) in [5.74, 6) is 1.45. The molecule has 0 saturated heterocycles. The Kier molecular flexibility index (Phi) is 4.41. The molecule has 0 amide bonds. The van der Waals surface area contributed by atoms with E-state index in [9.17, 15) is 5.11 Å². The molecule has 0 radical (unpaired) electrons. The number of nitrogens with one attached hydrogen (secondary N) is 1. The van der Waals surface area contributed by atoms with Gasteiger partial charge in [-0.2, -0.15) is 0 Å². The Morgan fingerprint density at radius 3 is 2.89 bits per heavy atom. The van der Waals surface area contributed by atoms with E-state index in [1.165, 1.54) is 0 Å². The van der Waals surface area contributed by atoms with Crippen molar-refractivity contribution < 1.29 is 14.6 Å². The summed E-state index contributed by atoms with van der Waals surface area (Å²) in [5.41, 5.74) is 0.844. The predicted molar refractivity (Wildman–Crippen MR) is 68.9 cm³/mol. The first-order valence-electron chi connectivity index (χ1n) is 6.10. The van der Waals surface area contributed by atoms with E-state index in [4.69, 9.17) is 9.47 Å². The molecule has 1 unspecified atom stereocenters. The Morgan fingerprint density at radius 2 is 2.11 bits per heavy atom. The van der Waals surface area contributed by atoms with E-state index in [1.807, 2.05) is 32.3 Å². The zero-order valence-electron chi connectivity index (χ0n) is 10.8. The van der Waals surface area contributed by atoms with Crippen LogP contribution in [0.4, 0.5) is 0 Å². The van der Waals surface area contributed by atoms with Crippen molar-refractivity contribution in [3.63, 3.8) is 0 Å². The van der Waals surface area contributed by atoms with Crippen molar-refractivity contribution in [2.24, 2.45) is 0 Å². The molecule has 1 atom stereocenters. The molecule has 18 heavy (non-hydrogen) atoms. The maximum atomic E-state index is 10.0. The normalized spacial score (nSPS) is 15.1. The highest BCUT2D eigenvalue weighted by molar-refractivity contribution is 5.45. The summed E-state index contributed by atoms with van der Waals surface area (Å²) in [6.45, 7) is 2.60. The van der Waals surface area contributed by atoms with Crippen LogP contribution in [0.2, 0.25) is 0 Å². The Hall–Kier alpha value is -1.30. The minimum absolute atomic E-state index is 0.260. The van der Waals surface area contributed by atoms with Crippen LogP contribution in [-0.2, 0) is 0 Å². The van der Waals surface area contributed by atoms with Gasteiger partial charge in [-0.25, -0.2) is 0 Å². The van der Waals surface area contributed by atoms with Crippen molar-refractivity contribution in [3.8, 4) is 11.5 Å². The molecule has 0 spiro atoms. The molecule has 0 bridgehead atoms. The van der Waals surface area contributed by atoms with Crippen LogP contribution in [-0.4, -0.2) is 50.5 Å². The van der Waals surface area contributed by atoms with Crippen molar-refractivity contribution in [1.82, 2.24) is 10.2 Å². The van der Waals surface area contributed by atoms with Crippen LogP contribution < -0.4 is 14.8 Å². The lowest BCUT2D eigenvalue weighted by Crippen LogP contribution is -2.29. The maximum Gasteiger partial charge on any atom is 0.231 e. The summed E-state index contributed by atoms with van der Waals surface area (Å²) in [5, 5.41) is 13.3. The van der Waals surface area contributed by atoms with E-state index in [-0.39, 0.29) is 6.79 Å². The number of rotatable bonds is 6. The van der Waals surface area contributed by atoms with Crippen molar-refractivity contribution >= 4 is 0 Å². The van der Waals surface area contributed by atoms with E-state index in [0.29, 0.717) is 12.3 Å². The number of ether oxygens (including phenoxy) is 2. The lowest BCUT2D eigenvalue weighted by Gasteiger charge is -2.14. The average molecular weight is 252 g/mol.